The summed E-state index contributed by atoms with van der Waals surface area (Å²) in [5.74, 6) is 1.52. The van der Waals surface area contributed by atoms with Gasteiger partial charge in [0.2, 0.25) is 0 Å². The number of aryl methyl sites for hydroxylation is 1. The number of nitrogens with zero attached hydrogens (tertiary/aromatic N) is 5. The van der Waals surface area contributed by atoms with Crippen LogP contribution in [0.25, 0.3) is 27.7 Å². The first-order valence-corrected chi connectivity index (χ1v) is 11.7. The predicted octanol–water partition coefficient (Wildman–Crippen LogP) is 3.78. The third-order valence-electron chi connectivity index (χ3n) is 7.73. The van der Waals surface area contributed by atoms with E-state index in [9.17, 15) is 0 Å². The first-order valence-electron chi connectivity index (χ1n) is 11.7. The molecular weight excluding hydrogens is 384 g/mol. The standard InChI is InChI=1S/C25H32N6/c1-29-3-5-31(6-4-29)22-10-17-7-18(11-22)9-19(8-17)20-12-23-24(15-27-25(23)26-13-20)21-14-28-30(2)16-21/h8,12-18,22H,3-7,9-11H2,1-2H3,(H,26,27)/t17-,18-,22?/m0/s1. The maximum Gasteiger partial charge on any atom is 0.137 e. The van der Waals surface area contributed by atoms with E-state index in [4.69, 9.17) is 4.98 Å². The number of pyridine rings is 1. The van der Waals surface area contributed by atoms with Crippen LogP contribution in [0.4, 0.5) is 0 Å². The molecule has 0 aromatic carbocycles. The van der Waals surface area contributed by atoms with Crippen molar-refractivity contribution in [2.45, 2.75) is 31.7 Å². The van der Waals surface area contributed by atoms with E-state index in [1.807, 2.05) is 17.9 Å². The lowest BCUT2D eigenvalue weighted by Gasteiger charge is -2.45. The van der Waals surface area contributed by atoms with Crippen molar-refractivity contribution in [3.05, 3.63) is 42.5 Å². The average Bonchev–Trinajstić information content (AvgIpc) is 3.39. The topological polar surface area (TPSA) is 53.0 Å². The van der Waals surface area contributed by atoms with Crippen LogP contribution in [-0.4, -0.2) is 68.8 Å². The molecule has 2 fully saturated rings. The molecule has 3 atom stereocenters. The number of hydrogen-bond donors (Lipinski definition) is 1. The van der Waals surface area contributed by atoms with Gasteiger partial charge in [0.15, 0.2) is 0 Å². The second-order valence-electron chi connectivity index (χ2n) is 9.95. The zero-order chi connectivity index (χ0) is 20.9. The predicted molar refractivity (Wildman–Crippen MR) is 125 cm³/mol. The Morgan fingerprint density at radius 1 is 1.00 bits per heavy atom. The van der Waals surface area contributed by atoms with Gasteiger partial charge in [0.25, 0.3) is 0 Å². The summed E-state index contributed by atoms with van der Waals surface area (Å²) in [7, 11) is 4.21. The van der Waals surface area contributed by atoms with Crippen LogP contribution in [0.15, 0.2) is 36.9 Å². The number of nitrogens with one attached hydrogen (secondary N) is 1. The molecule has 162 valence electrons. The fourth-order valence-corrected chi connectivity index (χ4v) is 6.09. The Bertz CT molecular complexity index is 1120. The Morgan fingerprint density at radius 2 is 1.87 bits per heavy atom. The quantitative estimate of drug-likeness (QED) is 0.706. The lowest BCUT2D eigenvalue weighted by atomic mass is 9.70. The molecule has 1 saturated carbocycles. The number of rotatable bonds is 3. The van der Waals surface area contributed by atoms with Crippen LogP contribution < -0.4 is 0 Å². The second-order valence-corrected chi connectivity index (χ2v) is 9.95. The number of hydrogen-bond acceptors (Lipinski definition) is 4. The van der Waals surface area contributed by atoms with Crippen molar-refractivity contribution in [1.29, 1.82) is 0 Å². The number of fused-ring (bicyclic) bond motifs is 3. The van der Waals surface area contributed by atoms with Gasteiger partial charge in [0.05, 0.1) is 6.20 Å². The molecule has 6 nitrogen and oxygen atoms in total. The first kappa shape index (κ1) is 19.3. The van der Waals surface area contributed by atoms with Crippen molar-refractivity contribution < 1.29 is 0 Å². The molecule has 1 unspecified atom stereocenters. The van der Waals surface area contributed by atoms with Crippen molar-refractivity contribution in [3.63, 3.8) is 0 Å². The fourth-order valence-electron chi connectivity index (χ4n) is 6.09. The lowest BCUT2D eigenvalue weighted by Crippen LogP contribution is -2.51. The van der Waals surface area contributed by atoms with Crippen LogP contribution in [-0.2, 0) is 7.05 Å². The molecule has 6 rings (SSSR count). The van der Waals surface area contributed by atoms with Gasteiger partial charge in [0.1, 0.15) is 5.65 Å². The van der Waals surface area contributed by atoms with E-state index in [1.54, 1.807) is 0 Å². The van der Waals surface area contributed by atoms with Crippen molar-refractivity contribution in [2.24, 2.45) is 18.9 Å². The largest absolute Gasteiger partial charge is 0.346 e. The molecule has 0 amide bonds. The van der Waals surface area contributed by atoms with E-state index < -0.39 is 0 Å². The maximum absolute atomic E-state index is 4.76. The molecule has 1 aliphatic heterocycles. The molecule has 1 saturated heterocycles. The molecule has 4 heterocycles. The molecular formula is C25H32N6. The molecule has 3 aromatic heterocycles. The monoisotopic (exact) mass is 416 g/mol. The number of H-pyrrole nitrogens is 1. The molecule has 31 heavy (non-hydrogen) atoms. The second kappa shape index (κ2) is 7.61. The van der Waals surface area contributed by atoms with E-state index in [2.05, 4.69) is 57.7 Å². The number of aromatic amines is 1. The van der Waals surface area contributed by atoms with Crippen molar-refractivity contribution in [2.75, 3.05) is 33.2 Å². The molecule has 2 aliphatic carbocycles. The van der Waals surface area contributed by atoms with E-state index >= 15 is 0 Å². The van der Waals surface area contributed by atoms with Crippen molar-refractivity contribution in [3.8, 4) is 11.1 Å². The molecule has 3 aromatic rings. The highest BCUT2D eigenvalue weighted by molar-refractivity contribution is 5.95. The van der Waals surface area contributed by atoms with E-state index in [1.165, 1.54) is 73.9 Å². The summed E-state index contributed by atoms with van der Waals surface area (Å²) >= 11 is 0. The van der Waals surface area contributed by atoms with Gasteiger partial charge in [-0.15, -0.1) is 0 Å². The molecule has 1 N–H and O–H groups in total. The minimum Gasteiger partial charge on any atom is -0.346 e. The van der Waals surface area contributed by atoms with E-state index in [0.717, 1.165) is 23.2 Å². The fraction of sp³-hybridized carbons (Fsp3) is 0.520. The summed E-state index contributed by atoms with van der Waals surface area (Å²) in [5.41, 5.74) is 6.08. The van der Waals surface area contributed by atoms with Gasteiger partial charge in [-0.2, -0.15) is 5.10 Å². The van der Waals surface area contributed by atoms with Gasteiger partial charge >= 0.3 is 0 Å². The summed E-state index contributed by atoms with van der Waals surface area (Å²) in [6.07, 6.45) is 16.0. The highest BCUT2D eigenvalue weighted by Crippen LogP contribution is 2.44. The van der Waals surface area contributed by atoms with E-state index in [0.29, 0.717) is 5.92 Å². The van der Waals surface area contributed by atoms with Crippen LogP contribution in [0.1, 0.15) is 31.2 Å². The Kier molecular flexibility index (Phi) is 4.73. The van der Waals surface area contributed by atoms with Gasteiger partial charge in [-0.3, -0.25) is 9.58 Å². The number of aromatic nitrogens is 4. The van der Waals surface area contributed by atoms with Crippen LogP contribution in [0.5, 0.6) is 0 Å². The summed E-state index contributed by atoms with van der Waals surface area (Å²) in [5, 5.41) is 5.54. The van der Waals surface area contributed by atoms with Gasteiger partial charge < -0.3 is 9.88 Å². The van der Waals surface area contributed by atoms with Crippen LogP contribution in [0.3, 0.4) is 0 Å². The SMILES string of the molecule is CN1CCN(C2C[C@@H]3C=C(c4cnc5[nH]cc(-c6cnn(C)c6)c5c4)C[C@@H](C2)C3)CC1. The number of piperazine rings is 1. The number of allylic oxidation sites excluding steroid dienone is 2. The summed E-state index contributed by atoms with van der Waals surface area (Å²) in [6.45, 7) is 4.91. The third-order valence-corrected chi connectivity index (χ3v) is 7.73. The van der Waals surface area contributed by atoms with Crippen molar-refractivity contribution in [1.82, 2.24) is 29.5 Å². The van der Waals surface area contributed by atoms with Gasteiger partial charge in [-0.05, 0) is 61.8 Å². The van der Waals surface area contributed by atoms with Crippen LogP contribution >= 0.6 is 0 Å². The molecule has 0 radical (unpaired) electrons. The Labute approximate surface area is 183 Å². The molecule has 6 heteroatoms. The minimum atomic E-state index is 0.715. The molecule has 3 aliphatic rings. The van der Waals surface area contributed by atoms with Crippen LogP contribution in [0, 0.1) is 11.8 Å². The first-order chi connectivity index (χ1) is 15.1. The maximum atomic E-state index is 4.76. The Hall–Kier alpha value is -2.44. The van der Waals surface area contributed by atoms with Gasteiger partial charge in [-0.1, -0.05) is 6.08 Å². The smallest absolute Gasteiger partial charge is 0.137 e. The zero-order valence-electron chi connectivity index (χ0n) is 18.6. The normalized spacial score (nSPS) is 27.5. The highest BCUT2D eigenvalue weighted by atomic mass is 15.3. The highest BCUT2D eigenvalue weighted by Gasteiger charge is 2.35. The summed E-state index contributed by atoms with van der Waals surface area (Å²) < 4.78 is 1.85. The van der Waals surface area contributed by atoms with Gasteiger partial charge in [-0.25, -0.2) is 4.98 Å². The summed E-state index contributed by atoms with van der Waals surface area (Å²) in [4.78, 5) is 13.3. The minimum absolute atomic E-state index is 0.715. The Balaban J connectivity index is 1.26. The lowest BCUT2D eigenvalue weighted by molar-refractivity contribution is 0.0652. The zero-order valence-corrected chi connectivity index (χ0v) is 18.6. The van der Waals surface area contributed by atoms with Gasteiger partial charge in [0, 0.05) is 74.4 Å². The average molecular weight is 417 g/mol. The molecule has 2 bridgehead atoms. The van der Waals surface area contributed by atoms with E-state index in [-0.39, 0.29) is 0 Å². The van der Waals surface area contributed by atoms with Crippen LogP contribution in [0.2, 0.25) is 0 Å². The number of likely N-dealkylation sites (N-methyl/N-ethyl adjacent to an activating group) is 1. The Morgan fingerprint density at radius 3 is 2.65 bits per heavy atom. The van der Waals surface area contributed by atoms with Crippen molar-refractivity contribution >= 4 is 16.6 Å². The third kappa shape index (κ3) is 3.62. The molecule has 0 spiro atoms. The summed E-state index contributed by atoms with van der Waals surface area (Å²) in [6, 6.07) is 3.11.